The van der Waals surface area contributed by atoms with Crippen molar-refractivity contribution in [2.24, 2.45) is 5.73 Å². The molecule has 1 saturated heterocycles. The Labute approximate surface area is 102 Å². The zero-order chi connectivity index (χ0) is 10.7. The number of halogens is 1. The van der Waals surface area contributed by atoms with Gasteiger partial charge in [0.05, 0.1) is 17.0 Å². The van der Waals surface area contributed by atoms with Crippen LogP contribution in [0.3, 0.4) is 0 Å². The summed E-state index contributed by atoms with van der Waals surface area (Å²) < 4.78 is 6.54. The van der Waals surface area contributed by atoms with E-state index in [2.05, 4.69) is 27.3 Å². The van der Waals surface area contributed by atoms with Gasteiger partial charge in [0.1, 0.15) is 0 Å². The lowest BCUT2D eigenvalue weighted by molar-refractivity contribution is 0.0721. The number of hydrogen-bond donors (Lipinski definition) is 2. The number of morpholine rings is 1. The molecule has 1 aliphatic rings. The van der Waals surface area contributed by atoms with E-state index in [1.807, 2.05) is 6.07 Å². The van der Waals surface area contributed by atoms with Gasteiger partial charge in [-0.2, -0.15) is 0 Å². The molecule has 2 rings (SSSR count). The van der Waals surface area contributed by atoms with Crippen LogP contribution in [0.15, 0.2) is 15.9 Å². The number of ether oxygens (including phenoxy) is 1. The van der Waals surface area contributed by atoms with Gasteiger partial charge in [-0.1, -0.05) is 0 Å². The number of nitrogens with two attached hydrogens (primary N) is 1. The van der Waals surface area contributed by atoms with Crippen molar-refractivity contribution in [3.8, 4) is 0 Å². The maximum Gasteiger partial charge on any atom is 0.0701 e. The Morgan fingerprint density at radius 2 is 2.53 bits per heavy atom. The molecule has 2 unspecified atom stereocenters. The maximum atomic E-state index is 6.13. The zero-order valence-corrected chi connectivity index (χ0v) is 10.8. The Morgan fingerprint density at radius 1 is 1.67 bits per heavy atom. The average molecular weight is 291 g/mol. The van der Waals surface area contributed by atoms with Crippen LogP contribution in [0.25, 0.3) is 0 Å². The second kappa shape index (κ2) is 5.41. The molecule has 84 valence electrons. The highest BCUT2D eigenvalue weighted by Crippen LogP contribution is 2.28. The Bertz CT molecular complexity index is 312. The van der Waals surface area contributed by atoms with E-state index in [0.29, 0.717) is 6.04 Å². The van der Waals surface area contributed by atoms with Gasteiger partial charge in [0.15, 0.2) is 0 Å². The average Bonchev–Trinajstić information content (AvgIpc) is 2.66. The lowest BCUT2D eigenvalue weighted by Gasteiger charge is -2.25. The molecule has 1 aromatic heterocycles. The Hall–Kier alpha value is 0.0600. The van der Waals surface area contributed by atoms with Crippen molar-refractivity contribution in [1.82, 2.24) is 5.32 Å². The van der Waals surface area contributed by atoms with Crippen molar-refractivity contribution in [3.05, 3.63) is 20.8 Å². The van der Waals surface area contributed by atoms with Gasteiger partial charge in [0.25, 0.3) is 0 Å². The first kappa shape index (κ1) is 11.5. The summed E-state index contributed by atoms with van der Waals surface area (Å²) in [5.41, 5.74) is 6.13. The minimum atomic E-state index is 0.112. The van der Waals surface area contributed by atoms with E-state index in [1.165, 1.54) is 4.88 Å². The molecule has 15 heavy (non-hydrogen) atoms. The monoisotopic (exact) mass is 290 g/mol. The molecule has 0 spiro atoms. The highest BCUT2D eigenvalue weighted by Gasteiger charge is 2.18. The van der Waals surface area contributed by atoms with Gasteiger partial charge in [0, 0.05) is 23.5 Å². The summed E-state index contributed by atoms with van der Waals surface area (Å²) in [6.45, 7) is 2.53. The van der Waals surface area contributed by atoms with Crippen molar-refractivity contribution in [2.45, 2.75) is 18.5 Å². The van der Waals surface area contributed by atoms with E-state index in [-0.39, 0.29) is 6.04 Å². The molecular formula is C10H15BrN2OS. The van der Waals surface area contributed by atoms with Crippen LogP contribution in [0.4, 0.5) is 0 Å². The predicted octanol–water partition coefficient (Wildman–Crippen LogP) is 1.89. The third-order valence-corrected chi connectivity index (χ3v) is 4.25. The Balaban J connectivity index is 1.88. The van der Waals surface area contributed by atoms with Crippen LogP contribution in [0.5, 0.6) is 0 Å². The smallest absolute Gasteiger partial charge is 0.0701 e. The molecule has 0 aliphatic carbocycles. The Morgan fingerprint density at radius 3 is 3.13 bits per heavy atom. The van der Waals surface area contributed by atoms with Gasteiger partial charge in [0.2, 0.25) is 0 Å². The summed E-state index contributed by atoms with van der Waals surface area (Å²) in [6.07, 6.45) is 0.937. The maximum absolute atomic E-state index is 6.13. The molecule has 0 saturated carbocycles. The Kier molecular flexibility index (Phi) is 4.16. The van der Waals surface area contributed by atoms with Crippen LogP contribution in [0.2, 0.25) is 0 Å². The minimum Gasteiger partial charge on any atom is -0.379 e. The molecule has 2 heterocycles. The fourth-order valence-corrected chi connectivity index (χ4v) is 3.16. The van der Waals surface area contributed by atoms with Crippen molar-refractivity contribution in [2.75, 3.05) is 19.8 Å². The van der Waals surface area contributed by atoms with Gasteiger partial charge in [-0.05, 0) is 34.5 Å². The molecule has 1 fully saturated rings. The number of hydrogen-bond acceptors (Lipinski definition) is 4. The van der Waals surface area contributed by atoms with Crippen molar-refractivity contribution < 1.29 is 4.74 Å². The van der Waals surface area contributed by atoms with Crippen molar-refractivity contribution >= 4 is 27.3 Å². The third-order valence-electron chi connectivity index (χ3n) is 2.50. The molecular weight excluding hydrogens is 276 g/mol. The van der Waals surface area contributed by atoms with Gasteiger partial charge < -0.3 is 15.8 Å². The first-order valence-electron chi connectivity index (χ1n) is 5.07. The quantitative estimate of drug-likeness (QED) is 0.894. The van der Waals surface area contributed by atoms with E-state index in [0.717, 1.165) is 30.0 Å². The molecule has 5 heteroatoms. The molecule has 3 N–H and O–H groups in total. The number of rotatable bonds is 3. The summed E-state index contributed by atoms with van der Waals surface area (Å²) >= 11 is 5.16. The molecule has 2 atom stereocenters. The van der Waals surface area contributed by atoms with Gasteiger partial charge in [-0.25, -0.2) is 0 Å². The fourth-order valence-electron chi connectivity index (χ4n) is 1.72. The third kappa shape index (κ3) is 3.26. The van der Waals surface area contributed by atoms with Crippen LogP contribution in [0.1, 0.15) is 17.3 Å². The number of thiophene rings is 1. The SMILES string of the molecule is NC(CC1COCCN1)c1ccc(Br)s1. The predicted molar refractivity (Wildman–Crippen MR) is 66.2 cm³/mol. The second-order valence-electron chi connectivity index (χ2n) is 3.71. The lowest BCUT2D eigenvalue weighted by Crippen LogP contribution is -2.42. The molecule has 0 radical (unpaired) electrons. The van der Waals surface area contributed by atoms with Crippen LogP contribution < -0.4 is 11.1 Å². The fraction of sp³-hybridized carbons (Fsp3) is 0.600. The normalized spacial score (nSPS) is 24.0. The van der Waals surface area contributed by atoms with E-state index < -0.39 is 0 Å². The summed E-state index contributed by atoms with van der Waals surface area (Å²) in [4.78, 5) is 1.23. The van der Waals surface area contributed by atoms with E-state index >= 15 is 0 Å². The zero-order valence-electron chi connectivity index (χ0n) is 8.41. The van der Waals surface area contributed by atoms with Crippen LogP contribution in [0, 0.1) is 0 Å². The molecule has 0 aromatic carbocycles. The van der Waals surface area contributed by atoms with E-state index in [4.69, 9.17) is 10.5 Å². The standard InChI is InChI=1S/C10H15BrN2OS/c11-10-2-1-9(15-10)8(12)5-7-6-14-4-3-13-7/h1-2,7-8,13H,3-6,12H2. The summed E-state index contributed by atoms with van der Waals surface area (Å²) in [6, 6.07) is 4.64. The highest BCUT2D eigenvalue weighted by atomic mass is 79.9. The summed E-state index contributed by atoms with van der Waals surface area (Å²) in [7, 11) is 0. The first-order valence-corrected chi connectivity index (χ1v) is 6.68. The van der Waals surface area contributed by atoms with Crippen molar-refractivity contribution in [3.63, 3.8) is 0 Å². The first-order chi connectivity index (χ1) is 7.25. The molecule has 0 bridgehead atoms. The minimum absolute atomic E-state index is 0.112. The topological polar surface area (TPSA) is 47.3 Å². The van der Waals surface area contributed by atoms with E-state index in [9.17, 15) is 0 Å². The molecule has 1 aliphatic heterocycles. The largest absolute Gasteiger partial charge is 0.379 e. The van der Waals surface area contributed by atoms with Crippen LogP contribution >= 0.6 is 27.3 Å². The lowest BCUT2D eigenvalue weighted by atomic mass is 10.1. The van der Waals surface area contributed by atoms with Crippen LogP contribution in [-0.4, -0.2) is 25.8 Å². The molecule has 3 nitrogen and oxygen atoms in total. The van der Waals surface area contributed by atoms with E-state index in [1.54, 1.807) is 11.3 Å². The van der Waals surface area contributed by atoms with Gasteiger partial charge in [-0.3, -0.25) is 0 Å². The van der Waals surface area contributed by atoms with Gasteiger partial charge in [-0.15, -0.1) is 11.3 Å². The van der Waals surface area contributed by atoms with Gasteiger partial charge >= 0.3 is 0 Å². The molecule has 0 amide bonds. The van der Waals surface area contributed by atoms with Crippen molar-refractivity contribution in [1.29, 1.82) is 0 Å². The summed E-state index contributed by atoms with van der Waals surface area (Å²) in [5, 5.41) is 3.41. The molecule has 1 aromatic rings. The summed E-state index contributed by atoms with van der Waals surface area (Å²) in [5.74, 6) is 0. The highest BCUT2D eigenvalue weighted by molar-refractivity contribution is 9.11. The van der Waals surface area contributed by atoms with Crippen LogP contribution in [-0.2, 0) is 4.74 Å². The number of nitrogens with one attached hydrogen (secondary N) is 1. The second-order valence-corrected chi connectivity index (χ2v) is 6.20.